The highest BCUT2D eigenvalue weighted by molar-refractivity contribution is 6.04. The number of rotatable bonds is 3. The number of hydrogen-bond acceptors (Lipinski definition) is 6. The van der Waals surface area contributed by atoms with Crippen LogP contribution in [0.1, 0.15) is 46.5 Å². The second-order valence-corrected chi connectivity index (χ2v) is 8.92. The number of aliphatic hydroxyl groups is 1. The number of imide groups is 1. The summed E-state index contributed by atoms with van der Waals surface area (Å²) in [5.41, 5.74) is -1.14. The van der Waals surface area contributed by atoms with Crippen molar-refractivity contribution in [2.75, 3.05) is 7.11 Å². The van der Waals surface area contributed by atoms with E-state index in [1.807, 2.05) is 0 Å². The Morgan fingerprint density at radius 2 is 1.90 bits per heavy atom. The highest BCUT2D eigenvalue weighted by Crippen LogP contribution is 2.42. The molecule has 3 aliphatic rings. The molecule has 160 valence electrons. The van der Waals surface area contributed by atoms with E-state index in [4.69, 9.17) is 9.47 Å². The van der Waals surface area contributed by atoms with Gasteiger partial charge >= 0.3 is 12.1 Å². The van der Waals surface area contributed by atoms with Crippen molar-refractivity contribution in [2.24, 2.45) is 23.2 Å². The largest absolute Gasteiger partial charge is 0.461 e. The Kier molecular flexibility index (Phi) is 6.17. The number of hydrogen-bond donors (Lipinski definition) is 1. The van der Waals surface area contributed by atoms with E-state index in [0.29, 0.717) is 11.8 Å². The van der Waals surface area contributed by atoms with Gasteiger partial charge < -0.3 is 14.6 Å². The fourth-order valence-corrected chi connectivity index (χ4v) is 4.78. The van der Waals surface area contributed by atoms with Crippen LogP contribution in [-0.4, -0.2) is 53.3 Å². The molecule has 1 heterocycles. The van der Waals surface area contributed by atoms with Crippen molar-refractivity contribution < 1.29 is 29.0 Å². The van der Waals surface area contributed by atoms with Gasteiger partial charge in [0.15, 0.2) is 0 Å². The smallest absolute Gasteiger partial charge is 0.417 e. The van der Waals surface area contributed by atoms with Gasteiger partial charge in [-0.15, -0.1) is 0 Å². The number of likely N-dealkylation sites (tertiary alicyclic amines) is 1. The van der Waals surface area contributed by atoms with Gasteiger partial charge in [-0.25, -0.2) is 14.5 Å². The van der Waals surface area contributed by atoms with E-state index in [0.717, 1.165) is 24.2 Å². The van der Waals surface area contributed by atoms with Crippen LogP contribution >= 0.6 is 0 Å². The van der Waals surface area contributed by atoms with E-state index >= 15 is 0 Å². The molecule has 7 heteroatoms. The Hall–Kier alpha value is -2.15. The number of ether oxygens (including phenoxy) is 2. The standard InChI is InChI=1S/C22H31NO6/c1-13(2)16-6-5-14(3)11-18(16)29-19(25)17-12-22(9-7-15(24)8-10-22)20(26)23(17)21(27)28-4/h7-10,13-18,24H,5-6,11-12H2,1-4H3/t14-,15?,16+,17-,18-,22?/m0/s1. The van der Waals surface area contributed by atoms with Gasteiger partial charge in [-0.2, -0.15) is 0 Å². The molecule has 7 nitrogen and oxygen atoms in total. The summed E-state index contributed by atoms with van der Waals surface area (Å²) >= 11 is 0. The summed E-state index contributed by atoms with van der Waals surface area (Å²) in [7, 11) is 1.18. The van der Waals surface area contributed by atoms with Crippen LogP contribution in [0.3, 0.4) is 0 Å². The summed E-state index contributed by atoms with van der Waals surface area (Å²) in [6.45, 7) is 6.40. The molecule has 0 unspecified atom stereocenters. The lowest BCUT2D eigenvalue weighted by molar-refractivity contribution is -0.162. The topological polar surface area (TPSA) is 93.1 Å². The van der Waals surface area contributed by atoms with E-state index in [2.05, 4.69) is 20.8 Å². The quantitative estimate of drug-likeness (QED) is 0.573. The minimum atomic E-state index is -1.14. The van der Waals surface area contributed by atoms with Crippen molar-refractivity contribution >= 4 is 18.0 Å². The minimum Gasteiger partial charge on any atom is -0.461 e. The molecule has 1 N–H and O–H groups in total. The lowest BCUT2D eigenvalue weighted by atomic mass is 9.75. The van der Waals surface area contributed by atoms with Gasteiger partial charge in [0.05, 0.1) is 18.6 Å². The third-order valence-electron chi connectivity index (χ3n) is 6.51. The molecule has 2 fully saturated rings. The van der Waals surface area contributed by atoms with Crippen LogP contribution in [0, 0.1) is 23.2 Å². The molecule has 0 bridgehead atoms. The van der Waals surface area contributed by atoms with Crippen LogP contribution in [0.4, 0.5) is 4.79 Å². The predicted octanol–water partition coefficient (Wildman–Crippen LogP) is 2.83. The normalized spacial score (nSPS) is 36.7. The molecule has 4 atom stereocenters. The van der Waals surface area contributed by atoms with Crippen molar-refractivity contribution in [1.29, 1.82) is 0 Å². The Balaban J connectivity index is 1.84. The van der Waals surface area contributed by atoms with Gasteiger partial charge in [-0.3, -0.25) is 4.79 Å². The van der Waals surface area contributed by atoms with Gasteiger partial charge in [0, 0.05) is 6.42 Å². The lowest BCUT2D eigenvalue weighted by Crippen LogP contribution is -2.46. The second kappa shape index (κ2) is 8.30. The van der Waals surface area contributed by atoms with Crippen molar-refractivity contribution in [3.63, 3.8) is 0 Å². The maximum Gasteiger partial charge on any atom is 0.417 e. The van der Waals surface area contributed by atoms with Gasteiger partial charge in [-0.05, 0) is 30.6 Å². The lowest BCUT2D eigenvalue weighted by Gasteiger charge is -2.37. The summed E-state index contributed by atoms with van der Waals surface area (Å²) in [4.78, 5) is 39.4. The zero-order valence-corrected chi connectivity index (χ0v) is 17.5. The molecule has 0 radical (unpaired) electrons. The maximum atomic E-state index is 13.1. The van der Waals surface area contributed by atoms with Gasteiger partial charge in [-0.1, -0.05) is 51.5 Å². The highest BCUT2D eigenvalue weighted by Gasteiger charge is 2.56. The molecule has 1 saturated heterocycles. The Labute approximate surface area is 171 Å². The number of carbonyl (C=O) groups is 3. The molecule has 29 heavy (non-hydrogen) atoms. The van der Waals surface area contributed by atoms with E-state index in [1.165, 1.54) is 19.3 Å². The first-order valence-corrected chi connectivity index (χ1v) is 10.4. The zero-order valence-electron chi connectivity index (χ0n) is 17.5. The summed E-state index contributed by atoms with van der Waals surface area (Å²) in [5.74, 6) is -0.0140. The molecular weight excluding hydrogens is 374 g/mol. The van der Waals surface area contributed by atoms with Crippen LogP contribution < -0.4 is 0 Å². The van der Waals surface area contributed by atoms with Gasteiger partial charge in [0.25, 0.3) is 0 Å². The van der Waals surface area contributed by atoms with Crippen LogP contribution in [0.15, 0.2) is 24.3 Å². The summed E-state index contributed by atoms with van der Waals surface area (Å²) in [6.07, 6.45) is 7.15. The summed E-state index contributed by atoms with van der Waals surface area (Å²) < 4.78 is 10.7. The van der Waals surface area contributed by atoms with Crippen molar-refractivity contribution in [3.8, 4) is 0 Å². The van der Waals surface area contributed by atoms with Gasteiger partial charge in [0.2, 0.25) is 5.91 Å². The van der Waals surface area contributed by atoms with Crippen molar-refractivity contribution in [3.05, 3.63) is 24.3 Å². The average molecular weight is 405 g/mol. The Morgan fingerprint density at radius 3 is 2.48 bits per heavy atom. The number of methoxy groups -OCH3 is 1. The second-order valence-electron chi connectivity index (χ2n) is 8.92. The van der Waals surface area contributed by atoms with E-state index in [-0.39, 0.29) is 18.4 Å². The first-order valence-electron chi connectivity index (χ1n) is 10.4. The Morgan fingerprint density at radius 1 is 1.24 bits per heavy atom. The molecule has 2 aliphatic carbocycles. The molecule has 1 spiro atoms. The number of amides is 2. The molecule has 2 amide bonds. The Bertz CT molecular complexity index is 713. The SMILES string of the molecule is COC(=O)N1C(=O)C2(C=CC(O)C=C2)C[C@H]1C(=O)O[C@H]1C[C@@H](C)CC[C@@H]1C(C)C. The zero-order chi connectivity index (χ0) is 21.3. The number of carbonyl (C=O) groups excluding carboxylic acids is 3. The molecule has 0 aromatic carbocycles. The average Bonchev–Trinajstić information content (AvgIpc) is 2.96. The summed E-state index contributed by atoms with van der Waals surface area (Å²) in [5, 5.41) is 9.68. The van der Waals surface area contributed by atoms with E-state index < -0.39 is 35.5 Å². The number of nitrogens with zero attached hydrogens (tertiary/aromatic N) is 1. The molecule has 3 rings (SSSR count). The highest BCUT2D eigenvalue weighted by atomic mass is 16.6. The molecule has 1 aliphatic heterocycles. The minimum absolute atomic E-state index is 0.0775. The van der Waals surface area contributed by atoms with Crippen LogP contribution in [-0.2, 0) is 19.1 Å². The number of esters is 1. The third kappa shape index (κ3) is 4.10. The first-order chi connectivity index (χ1) is 13.7. The van der Waals surface area contributed by atoms with Crippen LogP contribution in [0.25, 0.3) is 0 Å². The molecular formula is C22H31NO6. The molecule has 1 saturated carbocycles. The van der Waals surface area contributed by atoms with E-state index in [1.54, 1.807) is 12.2 Å². The first kappa shape index (κ1) is 21.6. The fraction of sp³-hybridized carbons (Fsp3) is 0.682. The summed E-state index contributed by atoms with van der Waals surface area (Å²) in [6, 6.07) is -1.05. The van der Waals surface area contributed by atoms with Crippen LogP contribution in [0.5, 0.6) is 0 Å². The third-order valence-corrected chi connectivity index (χ3v) is 6.51. The molecule has 0 aromatic rings. The maximum absolute atomic E-state index is 13.1. The van der Waals surface area contributed by atoms with Crippen molar-refractivity contribution in [2.45, 2.75) is 64.7 Å². The van der Waals surface area contributed by atoms with Crippen LogP contribution in [0.2, 0.25) is 0 Å². The predicted molar refractivity (Wildman–Crippen MR) is 106 cm³/mol. The fourth-order valence-electron chi connectivity index (χ4n) is 4.78. The molecule has 0 aromatic heterocycles. The van der Waals surface area contributed by atoms with Crippen molar-refractivity contribution in [1.82, 2.24) is 4.90 Å². The van der Waals surface area contributed by atoms with Gasteiger partial charge in [0.1, 0.15) is 12.1 Å². The number of aliphatic hydroxyl groups excluding tert-OH is 1. The van der Waals surface area contributed by atoms with E-state index in [9.17, 15) is 19.5 Å². The monoisotopic (exact) mass is 405 g/mol.